The van der Waals surface area contributed by atoms with Crippen LogP contribution in [0.3, 0.4) is 0 Å². The Kier molecular flexibility index (Phi) is 4.88. The molecule has 1 aliphatic rings. The number of hydrogen-bond donors (Lipinski definition) is 1. The third kappa shape index (κ3) is 4.04. The molecule has 0 amide bonds. The van der Waals surface area contributed by atoms with Crippen LogP contribution < -0.4 is 10.2 Å². The summed E-state index contributed by atoms with van der Waals surface area (Å²) in [7, 11) is -1.08. The Hall–Kier alpha value is -1.86. The first-order valence-corrected chi connectivity index (χ1v) is 10.3. The first-order valence-electron chi connectivity index (χ1n) is 8.05. The fraction of sp³-hybridized carbons (Fsp3) is 0.412. The molecule has 6 nitrogen and oxygen atoms in total. The second-order valence-electron chi connectivity index (χ2n) is 6.47. The molecule has 3 rings (SSSR count). The molecule has 0 saturated carbocycles. The molecule has 134 valence electrons. The van der Waals surface area contributed by atoms with E-state index in [1.165, 1.54) is 0 Å². The van der Waals surface area contributed by atoms with Gasteiger partial charge < -0.3 is 10.2 Å². The standard InChI is InChI=1S/C17H21ClN4O2S/c1-11-8-12(2)16(14(18)9-11)21-17-19-6-4-15(20-17)22(3)13-5-7-25(23,24)10-13/h4,6,8-9,13H,5,7,10H2,1-3H3,(H,19,20,21). The van der Waals surface area contributed by atoms with E-state index in [0.29, 0.717) is 23.2 Å². The number of rotatable bonds is 4. The number of aryl methyl sites for hydroxylation is 2. The minimum absolute atomic E-state index is 0.0579. The second-order valence-corrected chi connectivity index (χ2v) is 9.11. The van der Waals surface area contributed by atoms with Crippen molar-refractivity contribution < 1.29 is 8.42 Å². The molecule has 1 fully saturated rings. The van der Waals surface area contributed by atoms with E-state index in [1.54, 1.807) is 12.3 Å². The predicted octanol–water partition coefficient (Wildman–Crippen LogP) is 3.11. The Bertz CT molecular complexity index is 878. The first-order chi connectivity index (χ1) is 11.7. The Morgan fingerprint density at radius 3 is 2.72 bits per heavy atom. The Morgan fingerprint density at radius 1 is 1.32 bits per heavy atom. The number of nitrogens with one attached hydrogen (secondary N) is 1. The largest absolute Gasteiger partial charge is 0.355 e. The normalized spacial score (nSPS) is 19.0. The van der Waals surface area contributed by atoms with Crippen LogP contribution >= 0.6 is 11.6 Å². The molecule has 1 aromatic heterocycles. The molecule has 1 atom stereocenters. The van der Waals surface area contributed by atoms with Crippen molar-refractivity contribution in [2.45, 2.75) is 26.3 Å². The van der Waals surface area contributed by atoms with Crippen LogP contribution in [0.2, 0.25) is 5.02 Å². The molecular formula is C17H21ClN4O2S. The van der Waals surface area contributed by atoms with Gasteiger partial charge in [0.2, 0.25) is 5.95 Å². The SMILES string of the molecule is Cc1cc(C)c(Nc2nccc(N(C)C3CCS(=O)(=O)C3)n2)c(Cl)c1. The van der Waals surface area contributed by atoms with Crippen LogP contribution in [0, 0.1) is 13.8 Å². The highest BCUT2D eigenvalue weighted by Crippen LogP contribution is 2.30. The number of halogens is 1. The molecule has 2 aromatic rings. The van der Waals surface area contributed by atoms with Gasteiger partial charge in [0.1, 0.15) is 5.82 Å². The van der Waals surface area contributed by atoms with Gasteiger partial charge >= 0.3 is 0 Å². The Labute approximate surface area is 153 Å². The molecule has 25 heavy (non-hydrogen) atoms. The summed E-state index contributed by atoms with van der Waals surface area (Å²) < 4.78 is 23.4. The average Bonchev–Trinajstić information content (AvgIpc) is 2.90. The van der Waals surface area contributed by atoms with Crippen molar-refractivity contribution in [1.82, 2.24) is 9.97 Å². The summed E-state index contributed by atoms with van der Waals surface area (Å²) in [4.78, 5) is 10.7. The third-order valence-electron chi connectivity index (χ3n) is 4.43. The molecule has 1 aliphatic heterocycles. The maximum absolute atomic E-state index is 11.7. The molecule has 8 heteroatoms. The third-order valence-corrected chi connectivity index (χ3v) is 6.48. The van der Waals surface area contributed by atoms with Gasteiger partial charge in [-0.25, -0.2) is 13.4 Å². The molecule has 1 aromatic carbocycles. The van der Waals surface area contributed by atoms with Gasteiger partial charge in [0.15, 0.2) is 9.84 Å². The van der Waals surface area contributed by atoms with E-state index in [9.17, 15) is 8.42 Å². The first kappa shape index (κ1) is 17.9. The highest BCUT2D eigenvalue weighted by atomic mass is 35.5. The molecule has 0 aliphatic carbocycles. The van der Waals surface area contributed by atoms with Crippen LogP contribution in [0.1, 0.15) is 17.5 Å². The van der Waals surface area contributed by atoms with Crippen molar-refractivity contribution in [2.24, 2.45) is 0 Å². The zero-order chi connectivity index (χ0) is 18.2. The molecule has 0 radical (unpaired) electrons. The summed E-state index contributed by atoms with van der Waals surface area (Å²) >= 11 is 6.33. The van der Waals surface area contributed by atoms with Crippen LogP contribution in [0.5, 0.6) is 0 Å². The summed E-state index contributed by atoms with van der Waals surface area (Å²) in [6.45, 7) is 3.96. The number of benzene rings is 1. The summed E-state index contributed by atoms with van der Waals surface area (Å²) in [5.74, 6) is 1.51. The van der Waals surface area contributed by atoms with E-state index < -0.39 is 9.84 Å². The number of sulfone groups is 1. The molecule has 0 spiro atoms. The van der Waals surface area contributed by atoms with Gasteiger partial charge in [-0.3, -0.25) is 0 Å². The van der Waals surface area contributed by atoms with Crippen molar-refractivity contribution in [1.29, 1.82) is 0 Å². The van der Waals surface area contributed by atoms with Crippen LogP contribution in [-0.2, 0) is 9.84 Å². The lowest BCUT2D eigenvalue weighted by atomic mass is 10.1. The topological polar surface area (TPSA) is 75.2 Å². The maximum atomic E-state index is 11.7. The number of hydrogen-bond acceptors (Lipinski definition) is 6. The summed E-state index contributed by atoms with van der Waals surface area (Å²) in [5.41, 5.74) is 2.87. The van der Waals surface area contributed by atoms with Gasteiger partial charge in [-0.05, 0) is 43.5 Å². The molecule has 0 bridgehead atoms. The van der Waals surface area contributed by atoms with Crippen molar-refractivity contribution in [2.75, 3.05) is 28.8 Å². The lowest BCUT2D eigenvalue weighted by Gasteiger charge is -2.24. The maximum Gasteiger partial charge on any atom is 0.229 e. The van der Waals surface area contributed by atoms with Crippen LogP contribution in [-0.4, -0.2) is 43.0 Å². The van der Waals surface area contributed by atoms with Gasteiger partial charge in [-0.15, -0.1) is 0 Å². The monoisotopic (exact) mass is 380 g/mol. The van der Waals surface area contributed by atoms with Crippen molar-refractivity contribution in [3.05, 3.63) is 40.5 Å². The van der Waals surface area contributed by atoms with Crippen molar-refractivity contribution in [3.63, 3.8) is 0 Å². The summed E-state index contributed by atoms with van der Waals surface area (Å²) in [6.07, 6.45) is 2.27. The van der Waals surface area contributed by atoms with E-state index in [0.717, 1.165) is 16.8 Å². The van der Waals surface area contributed by atoms with Gasteiger partial charge in [0.05, 0.1) is 22.2 Å². The lowest BCUT2D eigenvalue weighted by molar-refractivity contribution is 0.600. The van der Waals surface area contributed by atoms with Crippen molar-refractivity contribution >= 4 is 38.9 Å². The fourth-order valence-electron chi connectivity index (χ4n) is 3.06. The van der Waals surface area contributed by atoms with E-state index >= 15 is 0 Å². The second kappa shape index (κ2) is 6.80. The zero-order valence-electron chi connectivity index (χ0n) is 14.5. The highest BCUT2D eigenvalue weighted by molar-refractivity contribution is 7.91. The fourth-order valence-corrected chi connectivity index (χ4v) is 5.20. The molecule has 2 heterocycles. The smallest absolute Gasteiger partial charge is 0.229 e. The minimum Gasteiger partial charge on any atom is -0.355 e. The van der Waals surface area contributed by atoms with Gasteiger partial charge in [0.25, 0.3) is 0 Å². The van der Waals surface area contributed by atoms with Crippen LogP contribution in [0.15, 0.2) is 24.4 Å². The van der Waals surface area contributed by atoms with Crippen molar-refractivity contribution in [3.8, 4) is 0 Å². The zero-order valence-corrected chi connectivity index (χ0v) is 16.0. The molecule has 1 unspecified atom stereocenters. The number of nitrogens with zero attached hydrogens (tertiary/aromatic N) is 3. The van der Waals surface area contributed by atoms with E-state index in [2.05, 4.69) is 15.3 Å². The average molecular weight is 381 g/mol. The Morgan fingerprint density at radius 2 is 2.08 bits per heavy atom. The minimum atomic E-state index is -2.94. The molecule has 1 saturated heterocycles. The highest BCUT2D eigenvalue weighted by Gasteiger charge is 2.31. The van der Waals surface area contributed by atoms with Gasteiger partial charge in [0, 0.05) is 19.3 Å². The lowest BCUT2D eigenvalue weighted by Crippen LogP contribution is -2.33. The number of anilines is 3. The predicted molar refractivity (Wildman–Crippen MR) is 102 cm³/mol. The van der Waals surface area contributed by atoms with Gasteiger partial charge in [-0.1, -0.05) is 17.7 Å². The van der Waals surface area contributed by atoms with E-state index in [-0.39, 0.29) is 17.5 Å². The molecule has 1 N–H and O–H groups in total. The molecular weight excluding hydrogens is 360 g/mol. The van der Waals surface area contributed by atoms with Crippen LogP contribution in [0.4, 0.5) is 17.5 Å². The van der Waals surface area contributed by atoms with E-state index in [1.807, 2.05) is 37.9 Å². The Balaban J connectivity index is 1.83. The summed E-state index contributed by atoms with van der Waals surface area (Å²) in [6, 6.07) is 5.64. The number of aromatic nitrogens is 2. The van der Waals surface area contributed by atoms with Crippen LogP contribution in [0.25, 0.3) is 0 Å². The van der Waals surface area contributed by atoms with E-state index in [4.69, 9.17) is 11.6 Å². The summed E-state index contributed by atoms with van der Waals surface area (Å²) in [5, 5.41) is 3.78. The quantitative estimate of drug-likeness (QED) is 0.878. The van der Waals surface area contributed by atoms with Gasteiger partial charge in [-0.2, -0.15) is 4.98 Å².